The summed E-state index contributed by atoms with van der Waals surface area (Å²) in [6.45, 7) is 0. The van der Waals surface area contributed by atoms with Gasteiger partial charge in [-0.05, 0) is 57.1 Å². The topological polar surface area (TPSA) is 20.2 Å². The maximum atomic E-state index is 10.5. The molecule has 2 aromatic carbocycles. The second-order valence-corrected chi connectivity index (χ2v) is 6.30. The minimum atomic E-state index is -0.543. The number of thiophene rings is 1. The number of fused-ring (bicyclic) bond motifs is 1. The fourth-order valence-corrected chi connectivity index (χ4v) is 3.37. The average molecular weight is 366 g/mol. The van der Waals surface area contributed by atoms with Crippen molar-refractivity contribution in [3.63, 3.8) is 0 Å². The van der Waals surface area contributed by atoms with E-state index in [2.05, 4.69) is 34.7 Å². The summed E-state index contributed by atoms with van der Waals surface area (Å²) in [4.78, 5) is 0. The minimum Gasteiger partial charge on any atom is -0.384 e. The van der Waals surface area contributed by atoms with E-state index >= 15 is 0 Å². The van der Waals surface area contributed by atoms with Crippen molar-refractivity contribution in [3.05, 3.63) is 68.6 Å². The Hall–Kier alpha value is -0.910. The van der Waals surface area contributed by atoms with E-state index in [4.69, 9.17) is 0 Å². The molecule has 1 unspecified atom stereocenters. The third-order valence-electron chi connectivity index (χ3n) is 2.99. The lowest BCUT2D eigenvalue weighted by molar-refractivity contribution is 0.222. The van der Waals surface area contributed by atoms with Gasteiger partial charge in [0.15, 0.2) is 0 Å². The van der Waals surface area contributed by atoms with E-state index in [9.17, 15) is 5.11 Å². The first kappa shape index (κ1) is 12.1. The molecule has 0 aliphatic carbocycles. The van der Waals surface area contributed by atoms with Crippen molar-refractivity contribution in [1.29, 1.82) is 0 Å². The van der Waals surface area contributed by atoms with Crippen LogP contribution in [-0.2, 0) is 0 Å². The first-order valence-corrected chi connectivity index (χ1v) is 7.61. The molecule has 90 valence electrons. The zero-order chi connectivity index (χ0) is 12.5. The van der Waals surface area contributed by atoms with Crippen LogP contribution in [0.3, 0.4) is 0 Å². The van der Waals surface area contributed by atoms with Gasteiger partial charge in [-0.1, -0.05) is 30.3 Å². The van der Waals surface area contributed by atoms with Crippen LogP contribution in [0, 0.1) is 3.57 Å². The molecular weight excluding hydrogens is 355 g/mol. The first-order valence-electron chi connectivity index (χ1n) is 5.65. The molecule has 18 heavy (non-hydrogen) atoms. The van der Waals surface area contributed by atoms with E-state index in [0.29, 0.717) is 0 Å². The van der Waals surface area contributed by atoms with Crippen LogP contribution < -0.4 is 0 Å². The van der Waals surface area contributed by atoms with Crippen molar-refractivity contribution in [1.82, 2.24) is 0 Å². The summed E-state index contributed by atoms with van der Waals surface area (Å²) in [5.74, 6) is 0. The van der Waals surface area contributed by atoms with Crippen LogP contribution in [0.1, 0.15) is 17.2 Å². The molecule has 0 spiro atoms. The van der Waals surface area contributed by atoms with Crippen LogP contribution in [0.5, 0.6) is 0 Å². The number of aliphatic hydroxyl groups excluding tert-OH is 1. The van der Waals surface area contributed by atoms with E-state index < -0.39 is 6.10 Å². The number of hydrogen-bond donors (Lipinski definition) is 1. The van der Waals surface area contributed by atoms with Crippen LogP contribution in [0.15, 0.2) is 53.9 Å². The van der Waals surface area contributed by atoms with Crippen LogP contribution in [0.25, 0.3) is 10.1 Å². The SMILES string of the molecule is OC(c1ccc(I)cc1)c1csc2ccccc12. The summed E-state index contributed by atoms with van der Waals surface area (Å²) in [6.07, 6.45) is -0.543. The molecule has 0 aliphatic heterocycles. The van der Waals surface area contributed by atoms with Gasteiger partial charge in [-0.15, -0.1) is 11.3 Å². The second kappa shape index (κ2) is 4.99. The van der Waals surface area contributed by atoms with Gasteiger partial charge in [0, 0.05) is 13.8 Å². The molecule has 1 aromatic heterocycles. The van der Waals surface area contributed by atoms with Crippen molar-refractivity contribution < 1.29 is 5.11 Å². The Morgan fingerprint density at radius 2 is 1.72 bits per heavy atom. The van der Waals surface area contributed by atoms with Crippen molar-refractivity contribution in [3.8, 4) is 0 Å². The van der Waals surface area contributed by atoms with E-state index in [0.717, 1.165) is 16.5 Å². The highest BCUT2D eigenvalue weighted by molar-refractivity contribution is 14.1. The molecular formula is C15H11IOS. The van der Waals surface area contributed by atoms with E-state index in [-0.39, 0.29) is 0 Å². The first-order chi connectivity index (χ1) is 8.75. The molecule has 0 saturated heterocycles. The molecule has 0 amide bonds. The van der Waals surface area contributed by atoms with Gasteiger partial charge in [-0.3, -0.25) is 0 Å². The van der Waals surface area contributed by atoms with E-state index in [1.807, 2.05) is 41.8 Å². The lowest BCUT2D eigenvalue weighted by atomic mass is 10.0. The minimum absolute atomic E-state index is 0.543. The van der Waals surface area contributed by atoms with Crippen molar-refractivity contribution >= 4 is 44.0 Å². The third kappa shape index (κ3) is 2.18. The third-order valence-corrected chi connectivity index (χ3v) is 4.69. The van der Waals surface area contributed by atoms with Crippen LogP contribution in [0.2, 0.25) is 0 Å². The zero-order valence-electron chi connectivity index (χ0n) is 9.51. The smallest absolute Gasteiger partial charge is 0.105 e. The lowest BCUT2D eigenvalue weighted by Crippen LogP contribution is -1.98. The average Bonchev–Trinajstić information content (AvgIpc) is 2.82. The summed E-state index contributed by atoms with van der Waals surface area (Å²) in [5, 5.41) is 13.7. The van der Waals surface area contributed by atoms with Gasteiger partial charge in [0.2, 0.25) is 0 Å². The Balaban J connectivity index is 2.06. The Labute approximate surface area is 123 Å². The molecule has 1 heterocycles. The van der Waals surface area contributed by atoms with Crippen LogP contribution in [-0.4, -0.2) is 5.11 Å². The fourth-order valence-electron chi connectivity index (χ4n) is 2.03. The van der Waals surface area contributed by atoms with Crippen LogP contribution in [0.4, 0.5) is 0 Å². The number of rotatable bonds is 2. The Bertz CT molecular complexity index is 672. The standard InChI is InChI=1S/C15H11IOS/c16-11-7-5-10(6-8-11)15(17)13-9-18-14-4-2-1-3-12(13)14/h1-9,15,17H. The number of hydrogen-bond acceptors (Lipinski definition) is 2. The maximum absolute atomic E-state index is 10.5. The monoisotopic (exact) mass is 366 g/mol. The van der Waals surface area contributed by atoms with Gasteiger partial charge >= 0.3 is 0 Å². The summed E-state index contributed by atoms with van der Waals surface area (Å²) in [7, 11) is 0. The predicted molar refractivity (Wildman–Crippen MR) is 85.0 cm³/mol. The van der Waals surface area contributed by atoms with Gasteiger partial charge in [0.25, 0.3) is 0 Å². The highest BCUT2D eigenvalue weighted by Gasteiger charge is 2.14. The number of aliphatic hydroxyl groups is 1. The molecule has 3 heteroatoms. The van der Waals surface area contributed by atoms with Crippen molar-refractivity contribution in [2.24, 2.45) is 0 Å². The second-order valence-electron chi connectivity index (χ2n) is 4.14. The lowest BCUT2D eigenvalue weighted by Gasteiger charge is -2.10. The highest BCUT2D eigenvalue weighted by Crippen LogP contribution is 2.33. The van der Waals surface area contributed by atoms with Crippen LogP contribution >= 0.6 is 33.9 Å². The molecule has 1 nitrogen and oxygen atoms in total. The predicted octanol–water partition coefficient (Wildman–Crippen LogP) is 4.59. The zero-order valence-corrected chi connectivity index (χ0v) is 12.5. The summed E-state index contributed by atoms with van der Waals surface area (Å²) in [5.41, 5.74) is 1.94. The molecule has 3 rings (SSSR count). The quantitative estimate of drug-likeness (QED) is 0.658. The number of benzene rings is 2. The van der Waals surface area contributed by atoms with Gasteiger partial charge in [0.05, 0.1) is 0 Å². The van der Waals surface area contributed by atoms with Gasteiger partial charge in [-0.25, -0.2) is 0 Å². The van der Waals surface area contributed by atoms with Crippen molar-refractivity contribution in [2.75, 3.05) is 0 Å². The fraction of sp³-hybridized carbons (Fsp3) is 0.0667. The molecule has 0 aliphatic rings. The maximum Gasteiger partial charge on any atom is 0.105 e. The molecule has 0 bridgehead atoms. The molecule has 1 N–H and O–H groups in total. The van der Waals surface area contributed by atoms with Gasteiger partial charge in [-0.2, -0.15) is 0 Å². The summed E-state index contributed by atoms with van der Waals surface area (Å²) < 4.78 is 2.40. The highest BCUT2D eigenvalue weighted by atomic mass is 127. The molecule has 3 aromatic rings. The van der Waals surface area contributed by atoms with Gasteiger partial charge in [0.1, 0.15) is 6.10 Å². The number of halogens is 1. The molecule has 0 fully saturated rings. The summed E-state index contributed by atoms with van der Waals surface area (Å²) >= 11 is 3.95. The Morgan fingerprint density at radius 1 is 1.00 bits per heavy atom. The molecule has 0 saturated carbocycles. The normalized spacial score (nSPS) is 12.8. The van der Waals surface area contributed by atoms with E-state index in [1.54, 1.807) is 11.3 Å². The Kier molecular flexibility index (Phi) is 3.37. The molecule has 1 atom stereocenters. The van der Waals surface area contributed by atoms with Gasteiger partial charge < -0.3 is 5.11 Å². The molecule has 0 radical (unpaired) electrons. The van der Waals surface area contributed by atoms with Crippen molar-refractivity contribution in [2.45, 2.75) is 6.10 Å². The largest absolute Gasteiger partial charge is 0.384 e. The Morgan fingerprint density at radius 3 is 2.50 bits per heavy atom. The summed E-state index contributed by atoms with van der Waals surface area (Å²) in [6, 6.07) is 16.2. The van der Waals surface area contributed by atoms with E-state index in [1.165, 1.54) is 8.27 Å².